The second-order valence-electron chi connectivity index (χ2n) is 14.5. The number of carbonyl (C=O) groups is 5. The first-order chi connectivity index (χ1) is 25.2. The summed E-state index contributed by atoms with van der Waals surface area (Å²) in [5.74, 6) is -3.73. The Labute approximate surface area is 319 Å². The first-order valence-corrected chi connectivity index (χ1v) is 17.8. The van der Waals surface area contributed by atoms with Crippen LogP contribution in [0, 0.1) is 11.8 Å². The number of hydrogen-bond acceptors (Lipinski definition) is 9. The molecule has 4 amide bonds. The molecule has 0 spiro atoms. The third-order valence-corrected chi connectivity index (χ3v) is 9.06. The van der Waals surface area contributed by atoms with Gasteiger partial charge >= 0.3 is 5.97 Å². The molecule has 0 aromatic heterocycles. The minimum Gasteiger partial charge on any atom is -0.480 e. The normalized spacial score (nSPS) is 13.8. The number of likely N-dealkylation sites (N-methyl/N-ethyl adjacent to an activating group) is 4. The van der Waals surface area contributed by atoms with Crippen LogP contribution in [0.4, 0.5) is 11.4 Å². The van der Waals surface area contributed by atoms with Gasteiger partial charge in [0.25, 0.3) is 0 Å². The first kappa shape index (κ1) is 44.7. The highest BCUT2D eigenvalue weighted by molar-refractivity contribution is 5.95. The van der Waals surface area contributed by atoms with E-state index in [0.29, 0.717) is 16.9 Å². The first-order valence-electron chi connectivity index (χ1n) is 17.8. The molecule has 0 saturated carbocycles. The zero-order chi connectivity index (χ0) is 41.0. The fourth-order valence-corrected chi connectivity index (χ4v) is 5.99. The number of aliphatic carboxylic acids is 1. The Kier molecular flexibility index (Phi) is 16.7. The molecule has 2 aromatic carbocycles. The zero-order valence-electron chi connectivity index (χ0n) is 34.0. The fraction of sp³-hybridized carbons (Fsp3) is 0.553. The highest BCUT2D eigenvalue weighted by atomic mass is 16.4. The van der Waals surface area contributed by atoms with E-state index in [1.165, 1.54) is 42.8 Å². The van der Waals surface area contributed by atoms with Crippen LogP contribution in [-0.2, 0) is 36.8 Å². The van der Waals surface area contributed by atoms with Crippen molar-refractivity contribution in [3.8, 4) is 0 Å². The van der Waals surface area contributed by atoms with Crippen molar-refractivity contribution in [3.63, 3.8) is 0 Å². The van der Waals surface area contributed by atoms with Crippen molar-refractivity contribution in [1.29, 1.82) is 0 Å². The van der Waals surface area contributed by atoms with Crippen LogP contribution in [0.15, 0.2) is 69.2 Å². The lowest BCUT2D eigenvalue weighted by atomic mass is 9.95. The van der Waals surface area contributed by atoms with Gasteiger partial charge in [-0.25, -0.2) is 4.79 Å². The number of carboxylic acid groups (broad SMARTS) is 1. The van der Waals surface area contributed by atoms with E-state index in [9.17, 15) is 29.1 Å². The molecule has 16 nitrogen and oxygen atoms in total. The highest BCUT2D eigenvalue weighted by Gasteiger charge is 2.41. The fourth-order valence-electron chi connectivity index (χ4n) is 5.99. The molecule has 296 valence electrons. The maximum Gasteiger partial charge on any atom is 0.326 e. The molecule has 0 aliphatic rings. The van der Waals surface area contributed by atoms with Crippen molar-refractivity contribution in [3.05, 3.63) is 59.7 Å². The Morgan fingerprint density at radius 3 is 1.22 bits per heavy atom. The monoisotopic (exact) mass is 750 g/mol. The topological polar surface area (TPSA) is 174 Å². The van der Waals surface area contributed by atoms with Crippen molar-refractivity contribution < 1.29 is 29.1 Å². The van der Waals surface area contributed by atoms with Crippen molar-refractivity contribution in [2.45, 2.75) is 71.6 Å². The van der Waals surface area contributed by atoms with Gasteiger partial charge in [0.1, 0.15) is 24.2 Å². The van der Waals surface area contributed by atoms with Gasteiger partial charge in [0, 0.05) is 76.1 Å². The van der Waals surface area contributed by atoms with Crippen LogP contribution in [0.1, 0.15) is 45.7 Å². The van der Waals surface area contributed by atoms with Gasteiger partial charge < -0.3 is 24.7 Å². The molecule has 2 aromatic rings. The lowest BCUT2D eigenvalue weighted by Crippen LogP contribution is -2.60. The van der Waals surface area contributed by atoms with E-state index >= 15 is 0 Å². The third-order valence-electron chi connectivity index (χ3n) is 9.06. The lowest BCUT2D eigenvalue weighted by molar-refractivity contribution is -0.157. The second-order valence-corrected chi connectivity index (χ2v) is 14.5. The van der Waals surface area contributed by atoms with Crippen LogP contribution in [0.3, 0.4) is 0 Å². The molecular weight excluding hydrogens is 692 g/mol. The predicted octanol–water partition coefficient (Wildman–Crippen LogP) is 4.32. The van der Waals surface area contributed by atoms with E-state index in [1.54, 1.807) is 108 Å². The van der Waals surface area contributed by atoms with Crippen molar-refractivity contribution in [1.82, 2.24) is 29.6 Å². The quantitative estimate of drug-likeness (QED) is 0.173. The zero-order valence-corrected chi connectivity index (χ0v) is 34.0. The summed E-state index contributed by atoms with van der Waals surface area (Å²) in [5.41, 5.74) is 2.56. The van der Waals surface area contributed by atoms with Gasteiger partial charge in [-0.1, -0.05) is 62.4 Å². The summed E-state index contributed by atoms with van der Waals surface area (Å²) in [6, 6.07) is 9.72. The molecule has 16 heteroatoms. The number of rotatable bonds is 18. The molecule has 0 fully saturated rings. The van der Waals surface area contributed by atoms with Gasteiger partial charge in [-0.05, 0) is 47.2 Å². The summed E-state index contributed by atoms with van der Waals surface area (Å²) in [6.07, 6.45) is 0.0944. The SMILES string of the molecule is CC(=O)N(C)C(C(=O)N(C)C(Cc1ccc(/N=N/N(C)C)cc1)C(=O)N(C)C(C(=O)N(C)C(Cc1ccc(/N=N/N(C)C)cc1)C(=O)O)C(C)C)C(C)C. The summed E-state index contributed by atoms with van der Waals surface area (Å²) < 4.78 is 0. The molecule has 4 atom stereocenters. The van der Waals surface area contributed by atoms with Crippen molar-refractivity contribution >= 4 is 41.0 Å². The maximum absolute atomic E-state index is 14.6. The Balaban J connectivity index is 2.51. The standard InChI is InChI=1S/C38H58N10O6/c1-24(2)33(45(10)26(5)49)36(51)46(11)31(22-27-14-18-29(19-15-27)39-41-43(6)7)35(50)48(13)34(25(3)4)37(52)47(12)32(38(53)54)23-28-16-20-30(21-17-28)40-42-44(8)9/h14-21,24-25,31-34H,22-23H2,1-13H3,(H,53,54)/b41-39+,42-40+. The van der Waals surface area contributed by atoms with Crippen molar-refractivity contribution in [2.24, 2.45) is 32.5 Å². The smallest absolute Gasteiger partial charge is 0.326 e. The predicted molar refractivity (Wildman–Crippen MR) is 206 cm³/mol. The van der Waals surface area contributed by atoms with Gasteiger partial charge in [0.2, 0.25) is 23.6 Å². The Hall–Kier alpha value is -5.41. The van der Waals surface area contributed by atoms with Gasteiger partial charge in [0.15, 0.2) is 0 Å². The second kappa shape index (κ2) is 20.2. The number of carbonyl (C=O) groups excluding carboxylic acids is 4. The molecule has 54 heavy (non-hydrogen) atoms. The van der Waals surface area contributed by atoms with E-state index < -0.39 is 53.8 Å². The van der Waals surface area contributed by atoms with Crippen LogP contribution in [0.25, 0.3) is 0 Å². The van der Waals surface area contributed by atoms with E-state index in [-0.39, 0.29) is 24.7 Å². The highest BCUT2D eigenvalue weighted by Crippen LogP contribution is 2.23. The molecule has 0 aliphatic carbocycles. The molecule has 0 saturated heterocycles. The lowest BCUT2D eigenvalue weighted by Gasteiger charge is -2.40. The average Bonchev–Trinajstić information content (AvgIpc) is 3.10. The number of amides is 4. The summed E-state index contributed by atoms with van der Waals surface area (Å²) in [6.45, 7) is 8.58. The van der Waals surface area contributed by atoms with E-state index in [1.807, 2.05) is 13.8 Å². The Morgan fingerprint density at radius 2 is 0.889 bits per heavy atom. The van der Waals surface area contributed by atoms with E-state index in [2.05, 4.69) is 20.7 Å². The molecule has 0 heterocycles. The number of carboxylic acids is 1. The summed E-state index contributed by atoms with van der Waals surface area (Å²) in [5, 5.41) is 29.6. The van der Waals surface area contributed by atoms with Gasteiger partial charge in [-0.15, -0.1) is 10.2 Å². The van der Waals surface area contributed by atoms with Crippen LogP contribution in [0.5, 0.6) is 0 Å². The average molecular weight is 751 g/mol. The number of hydrogen-bond donors (Lipinski definition) is 1. The Morgan fingerprint density at radius 1 is 0.537 bits per heavy atom. The van der Waals surface area contributed by atoms with Crippen LogP contribution < -0.4 is 0 Å². The third kappa shape index (κ3) is 12.3. The van der Waals surface area contributed by atoms with E-state index in [0.717, 1.165) is 10.5 Å². The summed E-state index contributed by atoms with van der Waals surface area (Å²) in [7, 11) is 13.0. The van der Waals surface area contributed by atoms with E-state index in [4.69, 9.17) is 0 Å². The maximum atomic E-state index is 14.6. The molecule has 4 unspecified atom stereocenters. The summed E-state index contributed by atoms with van der Waals surface area (Å²) in [4.78, 5) is 73.2. The molecule has 1 N–H and O–H groups in total. The molecular formula is C38H58N10O6. The van der Waals surface area contributed by atoms with Gasteiger partial charge in [-0.2, -0.15) is 0 Å². The minimum atomic E-state index is -1.24. The van der Waals surface area contributed by atoms with Crippen LogP contribution in [-0.4, -0.2) is 145 Å². The van der Waals surface area contributed by atoms with Crippen LogP contribution >= 0.6 is 0 Å². The largest absolute Gasteiger partial charge is 0.480 e. The Bertz CT molecular complexity index is 1640. The minimum absolute atomic E-state index is 0.00930. The molecule has 0 radical (unpaired) electrons. The molecule has 0 aliphatic heterocycles. The van der Waals surface area contributed by atoms with Gasteiger partial charge in [-0.3, -0.25) is 29.2 Å². The number of benzene rings is 2. The molecule has 0 bridgehead atoms. The number of nitrogens with zero attached hydrogens (tertiary/aromatic N) is 10. The van der Waals surface area contributed by atoms with Gasteiger partial charge in [0.05, 0.1) is 11.4 Å². The molecule has 2 rings (SSSR count). The van der Waals surface area contributed by atoms with Crippen LogP contribution in [0.2, 0.25) is 0 Å². The van der Waals surface area contributed by atoms with Crippen molar-refractivity contribution in [2.75, 3.05) is 56.4 Å². The summed E-state index contributed by atoms with van der Waals surface area (Å²) >= 11 is 0.